The van der Waals surface area contributed by atoms with Crippen LogP contribution in [0.3, 0.4) is 0 Å². The first-order valence-corrected chi connectivity index (χ1v) is 9.41. The highest BCUT2D eigenvalue weighted by Crippen LogP contribution is 2.37. The molecule has 1 saturated carbocycles. The Kier molecular flexibility index (Phi) is 5.81. The molecular weight excluding hydrogens is 438 g/mol. The van der Waals surface area contributed by atoms with Crippen LogP contribution in [0, 0.1) is 0 Å². The molecule has 30 heavy (non-hydrogen) atoms. The topological polar surface area (TPSA) is 59.5 Å². The summed E-state index contributed by atoms with van der Waals surface area (Å²) >= 11 is 1.03. The van der Waals surface area contributed by atoms with Crippen LogP contribution in [0.1, 0.15) is 49.8 Å². The lowest BCUT2D eigenvalue weighted by Crippen LogP contribution is -2.33. The number of alkyl halides is 6. The largest absolute Gasteiger partial charge is 0.464 e. The van der Waals surface area contributed by atoms with E-state index in [2.05, 4.69) is 9.72 Å². The predicted octanol–water partition coefficient (Wildman–Crippen LogP) is 4.77. The van der Waals surface area contributed by atoms with Gasteiger partial charge in [0.1, 0.15) is 5.01 Å². The number of nitrogens with zero attached hydrogens (tertiary/aromatic N) is 2. The van der Waals surface area contributed by atoms with Gasteiger partial charge in [-0.05, 0) is 31.0 Å². The molecule has 2 aromatic rings. The lowest BCUT2D eigenvalue weighted by molar-refractivity contribution is -0.143. The SMILES string of the molecule is COC(=O)c1csc(CN(C(=O)c2cc(C(F)(F)F)cc(C(F)(F)F)c2)C2CC2)n1. The van der Waals surface area contributed by atoms with Gasteiger partial charge in [-0.3, -0.25) is 4.79 Å². The number of carbonyl (C=O) groups excluding carboxylic acids is 2. The van der Waals surface area contributed by atoms with E-state index in [0.717, 1.165) is 18.4 Å². The van der Waals surface area contributed by atoms with Gasteiger partial charge >= 0.3 is 18.3 Å². The lowest BCUT2D eigenvalue weighted by atomic mass is 10.0. The van der Waals surface area contributed by atoms with Crippen molar-refractivity contribution in [2.75, 3.05) is 7.11 Å². The fourth-order valence-electron chi connectivity index (χ4n) is 2.72. The molecule has 1 aliphatic rings. The zero-order valence-electron chi connectivity index (χ0n) is 15.3. The fourth-order valence-corrected chi connectivity index (χ4v) is 3.49. The van der Waals surface area contributed by atoms with Crippen molar-refractivity contribution in [2.24, 2.45) is 0 Å². The first-order chi connectivity index (χ1) is 13.9. The zero-order valence-corrected chi connectivity index (χ0v) is 16.1. The molecule has 1 heterocycles. The minimum atomic E-state index is -5.05. The number of methoxy groups -OCH3 is 1. The van der Waals surface area contributed by atoms with Gasteiger partial charge in [0.2, 0.25) is 0 Å². The maximum absolute atomic E-state index is 13.1. The Balaban J connectivity index is 1.94. The van der Waals surface area contributed by atoms with Crippen molar-refractivity contribution in [3.63, 3.8) is 0 Å². The Labute approximate surface area is 170 Å². The first kappa shape index (κ1) is 22.1. The van der Waals surface area contributed by atoms with E-state index in [1.54, 1.807) is 0 Å². The number of thiazole rings is 1. The molecule has 162 valence electrons. The lowest BCUT2D eigenvalue weighted by Gasteiger charge is -2.22. The van der Waals surface area contributed by atoms with E-state index in [1.165, 1.54) is 10.3 Å². The summed E-state index contributed by atoms with van der Waals surface area (Å²) in [5.41, 5.74) is -3.83. The molecular formula is C18H14F6N2O3S. The number of carbonyl (C=O) groups is 2. The van der Waals surface area contributed by atoms with Crippen LogP contribution in [0.5, 0.6) is 0 Å². The van der Waals surface area contributed by atoms with E-state index < -0.39 is 40.9 Å². The molecule has 12 heteroatoms. The normalized spacial score (nSPS) is 14.5. The zero-order chi connectivity index (χ0) is 22.3. The van der Waals surface area contributed by atoms with Crippen LogP contribution in [0.2, 0.25) is 0 Å². The van der Waals surface area contributed by atoms with Crippen LogP contribution in [0.4, 0.5) is 26.3 Å². The number of hydrogen-bond acceptors (Lipinski definition) is 5. The molecule has 3 rings (SSSR count). The number of rotatable bonds is 5. The van der Waals surface area contributed by atoms with Gasteiger partial charge in [-0.15, -0.1) is 11.3 Å². The van der Waals surface area contributed by atoms with Crippen LogP contribution in [-0.4, -0.2) is 34.9 Å². The molecule has 0 bridgehead atoms. The van der Waals surface area contributed by atoms with Gasteiger partial charge < -0.3 is 9.64 Å². The van der Waals surface area contributed by atoms with Crippen molar-refractivity contribution in [2.45, 2.75) is 37.8 Å². The average molecular weight is 452 g/mol. The Morgan fingerprint density at radius 2 is 1.67 bits per heavy atom. The number of esters is 1. The summed E-state index contributed by atoms with van der Waals surface area (Å²) in [7, 11) is 1.16. The number of halogens is 6. The summed E-state index contributed by atoms with van der Waals surface area (Å²) in [5.74, 6) is -1.67. The second-order valence-corrected chi connectivity index (χ2v) is 7.52. The summed E-state index contributed by atoms with van der Waals surface area (Å²) in [5, 5.41) is 1.70. The van der Waals surface area contributed by atoms with Crippen LogP contribution < -0.4 is 0 Å². The number of amides is 1. The predicted molar refractivity (Wildman–Crippen MR) is 92.8 cm³/mol. The highest BCUT2D eigenvalue weighted by atomic mass is 32.1. The van der Waals surface area contributed by atoms with Crippen molar-refractivity contribution in [3.8, 4) is 0 Å². The van der Waals surface area contributed by atoms with Crippen molar-refractivity contribution in [1.82, 2.24) is 9.88 Å². The Hall–Kier alpha value is -2.63. The fraction of sp³-hybridized carbons (Fsp3) is 0.389. The molecule has 1 aromatic carbocycles. The van der Waals surface area contributed by atoms with Gasteiger partial charge in [0, 0.05) is 17.0 Å². The molecule has 1 amide bonds. The van der Waals surface area contributed by atoms with E-state index in [9.17, 15) is 35.9 Å². The third-order valence-corrected chi connectivity index (χ3v) is 5.17. The van der Waals surface area contributed by atoms with Crippen LogP contribution in [0.25, 0.3) is 0 Å². The Bertz CT molecular complexity index is 933. The molecule has 1 aliphatic carbocycles. The molecule has 0 aliphatic heterocycles. The Morgan fingerprint density at radius 3 is 2.13 bits per heavy atom. The number of hydrogen-bond donors (Lipinski definition) is 0. The van der Waals surface area contributed by atoms with Gasteiger partial charge in [-0.25, -0.2) is 9.78 Å². The van der Waals surface area contributed by atoms with Crippen molar-refractivity contribution in [1.29, 1.82) is 0 Å². The van der Waals surface area contributed by atoms with E-state index in [0.29, 0.717) is 30.0 Å². The molecule has 0 spiro atoms. The van der Waals surface area contributed by atoms with E-state index >= 15 is 0 Å². The van der Waals surface area contributed by atoms with E-state index in [1.807, 2.05) is 0 Å². The quantitative estimate of drug-likeness (QED) is 0.484. The third-order valence-electron chi connectivity index (χ3n) is 4.34. The standard InChI is InChI=1S/C18H14F6N2O3S/c1-29-16(28)13-8-30-14(25-13)7-26(12-2-3-12)15(27)9-4-10(17(19,20)21)6-11(5-9)18(22,23)24/h4-6,8,12H,2-3,7H2,1H3. The smallest absolute Gasteiger partial charge is 0.416 e. The average Bonchev–Trinajstić information content (AvgIpc) is 3.40. The molecule has 0 atom stereocenters. The summed E-state index contributed by atoms with van der Waals surface area (Å²) in [6.45, 7) is -0.150. The molecule has 1 aromatic heterocycles. The van der Waals surface area contributed by atoms with E-state index in [4.69, 9.17) is 0 Å². The van der Waals surface area contributed by atoms with Crippen molar-refractivity contribution in [3.05, 3.63) is 51.0 Å². The summed E-state index contributed by atoms with van der Waals surface area (Å²) in [6.07, 6.45) is -8.98. The monoisotopic (exact) mass is 452 g/mol. The number of aromatic nitrogens is 1. The molecule has 5 nitrogen and oxygen atoms in total. The molecule has 0 N–H and O–H groups in total. The van der Waals surface area contributed by atoms with Gasteiger partial charge in [0.15, 0.2) is 5.69 Å². The molecule has 1 fully saturated rings. The van der Waals surface area contributed by atoms with Crippen LogP contribution >= 0.6 is 11.3 Å². The maximum Gasteiger partial charge on any atom is 0.416 e. The minimum Gasteiger partial charge on any atom is -0.464 e. The highest BCUT2D eigenvalue weighted by molar-refractivity contribution is 7.09. The summed E-state index contributed by atoms with van der Waals surface area (Å²) in [6, 6.07) is 0.470. The van der Waals surface area contributed by atoms with Gasteiger partial charge in [-0.2, -0.15) is 26.3 Å². The second-order valence-electron chi connectivity index (χ2n) is 6.58. The van der Waals surface area contributed by atoms with Gasteiger partial charge in [0.25, 0.3) is 5.91 Å². The Morgan fingerprint density at radius 1 is 1.10 bits per heavy atom. The van der Waals surface area contributed by atoms with E-state index in [-0.39, 0.29) is 24.3 Å². The van der Waals surface area contributed by atoms with Gasteiger partial charge in [-0.1, -0.05) is 0 Å². The number of benzene rings is 1. The summed E-state index contributed by atoms with van der Waals surface area (Å²) < 4.78 is 83.0. The third kappa shape index (κ3) is 4.91. The summed E-state index contributed by atoms with van der Waals surface area (Å²) in [4.78, 5) is 29.6. The minimum absolute atomic E-state index is 0.000813. The number of ether oxygens (including phenoxy) is 1. The van der Waals surface area contributed by atoms with Crippen LogP contribution in [0.15, 0.2) is 23.6 Å². The highest BCUT2D eigenvalue weighted by Gasteiger charge is 2.39. The first-order valence-electron chi connectivity index (χ1n) is 8.53. The van der Waals surface area contributed by atoms with Gasteiger partial charge in [0.05, 0.1) is 24.8 Å². The van der Waals surface area contributed by atoms with Crippen LogP contribution in [-0.2, 0) is 23.6 Å². The molecule has 0 unspecified atom stereocenters. The molecule has 0 radical (unpaired) electrons. The maximum atomic E-state index is 13.1. The van der Waals surface area contributed by atoms with Crippen molar-refractivity contribution < 1.29 is 40.7 Å². The second kappa shape index (κ2) is 7.89. The van der Waals surface area contributed by atoms with Crippen molar-refractivity contribution >= 4 is 23.2 Å². The molecule has 0 saturated heterocycles.